The first kappa shape index (κ1) is 27.4. The summed E-state index contributed by atoms with van der Waals surface area (Å²) in [7, 11) is 0. The summed E-state index contributed by atoms with van der Waals surface area (Å²) in [6.45, 7) is 15.7. The van der Waals surface area contributed by atoms with E-state index < -0.39 is 17.2 Å². The van der Waals surface area contributed by atoms with Crippen LogP contribution in [0.25, 0.3) is 0 Å². The summed E-state index contributed by atoms with van der Waals surface area (Å²) < 4.78 is 7.44. The Kier molecular flexibility index (Phi) is 10.5. The van der Waals surface area contributed by atoms with Gasteiger partial charge in [0.2, 0.25) is 0 Å². The van der Waals surface area contributed by atoms with Gasteiger partial charge in [0.1, 0.15) is 17.2 Å². The van der Waals surface area contributed by atoms with Crippen LogP contribution in [-0.2, 0) is 17.7 Å². The van der Waals surface area contributed by atoms with Gasteiger partial charge in [0.05, 0.1) is 18.6 Å². The molecule has 0 bridgehead atoms. The Labute approximate surface area is 203 Å². The van der Waals surface area contributed by atoms with Gasteiger partial charge in [0.15, 0.2) is 5.96 Å². The van der Waals surface area contributed by atoms with E-state index in [4.69, 9.17) is 9.73 Å². The summed E-state index contributed by atoms with van der Waals surface area (Å²) in [5.74, 6) is 2.61. The lowest BCUT2D eigenvalue weighted by molar-refractivity contribution is 0.0452. The number of hydrogen-bond donors (Lipinski definition) is 3. The molecular formula is C21H40IN7O2. The monoisotopic (exact) mass is 549 g/mol. The molecule has 1 aromatic rings. The van der Waals surface area contributed by atoms with Gasteiger partial charge in [-0.3, -0.25) is 4.99 Å². The van der Waals surface area contributed by atoms with Crippen LogP contribution in [0.3, 0.4) is 0 Å². The zero-order valence-corrected chi connectivity index (χ0v) is 22.4. The van der Waals surface area contributed by atoms with Crippen molar-refractivity contribution in [1.29, 1.82) is 0 Å². The molecule has 3 N–H and O–H groups in total. The Hall–Kier alpha value is -1.59. The number of carbonyl (C=O) groups excluding carboxylic acids is 1. The first-order valence-electron chi connectivity index (χ1n) is 11.1. The average molecular weight is 550 g/mol. The van der Waals surface area contributed by atoms with Crippen molar-refractivity contribution in [3.8, 4) is 0 Å². The van der Waals surface area contributed by atoms with Crippen molar-refractivity contribution in [3.05, 3.63) is 11.6 Å². The van der Waals surface area contributed by atoms with Crippen molar-refractivity contribution in [3.63, 3.8) is 0 Å². The summed E-state index contributed by atoms with van der Waals surface area (Å²) in [4.78, 5) is 21.7. The standard InChI is InChI=1S/C21H39N7O2.HI/c1-8-21(9-2,26-19(29)30-20(5,6)7)14-23-18(22-10-3)25-16-11-12-17-24-15(4)27-28(17)13-16;/h16H,8-14H2,1-7H3,(H,26,29)(H2,22,23,25);1H. The number of fused-ring (bicyclic) bond motifs is 1. The summed E-state index contributed by atoms with van der Waals surface area (Å²) in [5.41, 5.74) is -0.982. The van der Waals surface area contributed by atoms with Gasteiger partial charge in [-0.2, -0.15) is 5.10 Å². The third-order valence-electron chi connectivity index (χ3n) is 5.31. The second-order valence-corrected chi connectivity index (χ2v) is 8.95. The SMILES string of the molecule is CCNC(=NCC(CC)(CC)NC(=O)OC(C)(C)C)NC1CCc2nc(C)nn2C1.I. The van der Waals surface area contributed by atoms with Gasteiger partial charge in [-0.25, -0.2) is 14.5 Å². The molecule has 0 aromatic carbocycles. The van der Waals surface area contributed by atoms with Crippen molar-refractivity contribution in [2.45, 2.75) is 97.9 Å². The Morgan fingerprint density at radius 2 is 1.94 bits per heavy atom. The van der Waals surface area contributed by atoms with E-state index in [0.717, 1.165) is 56.4 Å². The zero-order valence-electron chi connectivity index (χ0n) is 20.0. The molecule has 1 atom stereocenters. The van der Waals surface area contributed by atoms with E-state index in [-0.39, 0.29) is 30.0 Å². The largest absolute Gasteiger partial charge is 0.444 e. The molecule has 0 saturated heterocycles. The van der Waals surface area contributed by atoms with Crippen molar-refractivity contribution in [1.82, 2.24) is 30.7 Å². The highest BCUT2D eigenvalue weighted by molar-refractivity contribution is 14.0. The van der Waals surface area contributed by atoms with E-state index in [1.807, 2.05) is 39.3 Å². The molecule has 0 aliphatic carbocycles. The van der Waals surface area contributed by atoms with Crippen LogP contribution in [0.4, 0.5) is 4.79 Å². The number of nitrogens with one attached hydrogen (secondary N) is 3. The highest BCUT2D eigenvalue weighted by Gasteiger charge is 2.31. The van der Waals surface area contributed by atoms with Crippen LogP contribution in [-0.4, -0.2) is 57.1 Å². The van der Waals surface area contributed by atoms with Gasteiger partial charge in [0.25, 0.3) is 0 Å². The second-order valence-electron chi connectivity index (χ2n) is 8.95. The normalized spacial score (nSPS) is 16.7. The molecule has 10 heteroatoms. The van der Waals surface area contributed by atoms with Crippen LogP contribution >= 0.6 is 24.0 Å². The lowest BCUT2D eigenvalue weighted by Crippen LogP contribution is -2.53. The quantitative estimate of drug-likeness (QED) is 0.274. The first-order chi connectivity index (χ1) is 14.1. The lowest BCUT2D eigenvalue weighted by Gasteiger charge is -2.33. The van der Waals surface area contributed by atoms with Gasteiger partial charge in [-0.05, 0) is 53.9 Å². The molecule has 0 fully saturated rings. The third kappa shape index (κ3) is 8.46. The molecule has 0 spiro atoms. The Morgan fingerprint density at radius 3 is 2.52 bits per heavy atom. The van der Waals surface area contributed by atoms with E-state index in [2.05, 4.69) is 39.9 Å². The van der Waals surface area contributed by atoms with E-state index in [0.29, 0.717) is 6.54 Å². The van der Waals surface area contributed by atoms with Crippen LogP contribution < -0.4 is 16.0 Å². The molecule has 1 aromatic heterocycles. The Bertz CT molecular complexity index is 739. The molecule has 1 amide bonds. The van der Waals surface area contributed by atoms with Crippen LogP contribution in [0.5, 0.6) is 0 Å². The number of amides is 1. The summed E-state index contributed by atoms with van der Waals surface area (Å²) in [5, 5.41) is 14.4. The van der Waals surface area contributed by atoms with Crippen molar-refractivity contribution in [2.24, 2.45) is 4.99 Å². The molecule has 1 aliphatic heterocycles. The van der Waals surface area contributed by atoms with Crippen LogP contribution in [0.15, 0.2) is 4.99 Å². The van der Waals surface area contributed by atoms with Crippen LogP contribution in [0, 0.1) is 6.92 Å². The van der Waals surface area contributed by atoms with Crippen molar-refractivity contribution >= 4 is 36.0 Å². The van der Waals surface area contributed by atoms with Crippen LogP contribution in [0.2, 0.25) is 0 Å². The number of carbonyl (C=O) groups is 1. The Morgan fingerprint density at radius 1 is 1.26 bits per heavy atom. The molecule has 1 aliphatic rings. The van der Waals surface area contributed by atoms with E-state index in [1.54, 1.807) is 0 Å². The number of halogens is 1. The predicted molar refractivity (Wildman–Crippen MR) is 134 cm³/mol. The minimum atomic E-state index is -0.531. The maximum atomic E-state index is 12.4. The molecule has 178 valence electrons. The van der Waals surface area contributed by atoms with Crippen molar-refractivity contribution in [2.75, 3.05) is 13.1 Å². The number of alkyl carbamates (subject to hydrolysis) is 1. The molecule has 0 radical (unpaired) electrons. The highest BCUT2D eigenvalue weighted by Crippen LogP contribution is 2.18. The highest BCUT2D eigenvalue weighted by atomic mass is 127. The number of aromatic nitrogens is 3. The number of rotatable bonds is 7. The fourth-order valence-corrected chi connectivity index (χ4v) is 3.51. The summed E-state index contributed by atoms with van der Waals surface area (Å²) in [6.07, 6.45) is 2.99. The summed E-state index contributed by atoms with van der Waals surface area (Å²) >= 11 is 0. The average Bonchev–Trinajstić information content (AvgIpc) is 3.03. The van der Waals surface area contributed by atoms with Crippen molar-refractivity contribution < 1.29 is 9.53 Å². The maximum absolute atomic E-state index is 12.4. The van der Waals surface area contributed by atoms with E-state index in [9.17, 15) is 4.79 Å². The number of guanidine groups is 1. The number of aliphatic imine (C=N–C) groups is 1. The first-order valence-corrected chi connectivity index (χ1v) is 11.1. The molecule has 31 heavy (non-hydrogen) atoms. The number of aryl methyl sites for hydroxylation is 2. The molecule has 2 heterocycles. The minimum Gasteiger partial charge on any atom is -0.444 e. The van der Waals surface area contributed by atoms with Gasteiger partial charge in [-0.15, -0.1) is 24.0 Å². The predicted octanol–water partition coefficient (Wildman–Crippen LogP) is 3.16. The van der Waals surface area contributed by atoms with Gasteiger partial charge in [-0.1, -0.05) is 13.8 Å². The van der Waals surface area contributed by atoms with E-state index >= 15 is 0 Å². The lowest BCUT2D eigenvalue weighted by atomic mass is 9.93. The number of nitrogens with zero attached hydrogens (tertiary/aromatic N) is 4. The molecule has 1 unspecified atom stereocenters. The molecule has 0 saturated carbocycles. The molecular weight excluding hydrogens is 509 g/mol. The number of hydrogen-bond acceptors (Lipinski definition) is 5. The maximum Gasteiger partial charge on any atom is 0.408 e. The van der Waals surface area contributed by atoms with E-state index in [1.165, 1.54) is 0 Å². The van der Waals surface area contributed by atoms with Gasteiger partial charge >= 0.3 is 6.09 Å². The zero-order chi connectivity index (χ0) is 22.4. The minimum absolute atomic E-state index is 0. The number of ether oxygens (including phenoxy) is 1. The Balaban J connectivity index is 0.00000480. The van der Waals surface area contributed by atoms with Gasteiger partial charge < -0.3 is 20.7 Å². The molecule has 9 nitrogen and oxygen atoms in total. The fourth-order valence-electron chi connectivity index (χ4n) is 3.51. The van der Waals surface area contributed by atoms with Gasteiger partial charge in [0, 0.05) is 19.0 Å². The topological polar surface area (TPSA) is 105 Å². The molecule has 2 rings (SSSR count). The summed E-state index contributed by atoms with van der Waals surface area (Å²) in [6, 6.07) is 0.230. The smallest absolute Gasteiger partial charge is 0.408 e. The van der Waals surface area contributed by atoms with Crippen LogP contribution in [0.1, 0.15) is 72.5 Å². The third-order valence-corrected chi connectivity index (χ3v) is 5.31. The second kappa shape index (κ2) is 11.9. The fraction of sp³-hybridized carbons (Fsp3) is 0.810.